The van der Waals surface area contributed by atoms with Gasteiger partial charge in [-0.05, 0) is 63.2 Å². The zero-order valence-corrected chi connectivity index (χ0v) is 14.3. The lowest BCUT2D eigenvalue weighted by Gasteiger charge is -2.41. The number of carbonyl (C=O) groups is 1. The van der Waals surface area contributed by atoms with Crippen molar-refractivity contribution in [1.82, 2.24) is 9.80 Å². The van der Waals surface area contributed by atoms with E-state index in [1.165, 1.54) is 18.2 Å². The Kier molecular flexibility index (Phi) is 5.49. The normalized spacial score (nSPS) is 21.2. The predicted molar refractivity (Wildman–Crippen MR) is 89.6 cm³/mol. The average Bonchev–Trinajstić information content (AvgIpc) is 2.59. The molecule has 0 radical (unpaired) electrons. The number of halogens is 2. The van der Waals surface area contributed by atoms with Crippen molar-refractivity contribution >= 4 is 5.91 Å². The molecule has 0 aromatic heterocycles. The Balaban J connectivity index is 1.49. The predicted octanol–water partition coefficient (Wildman–Crippen LogP) is 3.23. The monoisotopic (exact) mass is 336 g/mol. The second kappa shape index (κ2) is 7.60. The summed E-state index contributed by atoms with van der Waals surface area (Å²) in [6.07, 6.45) is 4.54. The number of likely N-dealkylation sites (tertiary alicyclic amines) is 2. The molecule has 5 heteroatoms. The van der Waals surface area contributed by atoms with Crippen molar-refractivity contribution in [3.63, 3.8) is 0 Å². The molecular formula is C19H26F2N2O. The molecule has 0 spiro atoms. The summed E-state index contributed by atoms with van der Waals surface area (Å²) >= 11 is 0. The van der Waals surface area contributed by atoms with Crippen molar-refractivity contribution < 1.29 is 13.6 Å². The van der Waals surface area contributed by atoms with E-state index < -0.39 is 11.6 Å². The lowest BCUT2D eigenvalue weighted by molar-refractivity contribution is -0.130. The highest BCUT2D eigenvalue weighted by Crippen LogP contribution is 2.27. The number of piperidine rings is 2. The summed E-state index contributed by atoms with van der Waals surface area (Å²) in [4.78, 5) is 15.8. The van der Waals surface area contributed by atoms with Gasteiger partial charge in [0.25, 0.3) is 0 Å². The van der Waals surface area contributed by atoms with Crippen LogP contribution in [0.5, 0.6) is 0 Å². The minimum Gasteiger partial charge on any atom is -0.343 e. The molecule has 0 N–H and O–H groups in total. The Bertz CT molecular complexity index is 556. The third kappa shape index (κ3) is 3.94. The van der Waals surface area contributed by atoms with Crippen LogP contribution in [0.25, 0.3) is 0 Å². The van der Waals surface area contributed by atoms with Crippen LogP contribution in [0.15, 0.2) is 18.2 Å². The number of hydrogen-bond acceptors (Lipinski definition) is 2. The van der Waals surface area contributed by atoms with Gasteiger partial charge in [0.1, 0.15) is 11.6 Å². The highest BCUT2D eigenvalue weighted by molar-refractivity contribution is 5.73. The molecule has 0 bridgehead atoms. The second-order valence-corrected chi connectivity index (χ2v) is 7.12. The van der Waals surface area contributed by atoms with Crippen LogP contribution in [0.1, 0.15) is 38.2 Å². The van der Waals surface area contributed by atoms with Gasteiger partial charge in [0.15, 0.2) is 0 Å². The van der Waals surface area contributed by atoms with Gasteiger partial charge in [0.2, 0.25) is 5.91 Å². The third-order valence-electron chi connectivity index (χ3n) is 5.63. The van der Waals surface area contributed by atoms with Crippen LogP contribution in [0.4, 0.5) is 8.78 Å². The Morgan fingerprint density at radius 3 is 2.17 bits per heavy atom. The largest absolute Gasteiger partial charge is 0.343 e. The van der Waals surface area contributed by atoms with Gasteiger partial charge < -0.3 is 9.80 Å². The molecule has 2 heterocycles. The van der Waals surface area contributed by atoms with E-state index in [0.29, 0.717) is 18.4 Å². The molecule has 2 aliphatic heterocycles. The minimum atomic E-state index is -0.422. The number of nitrogens with zero attached hydrogens (tertiary/aromatic N) is 2. The lowest BCUT2D eigenvalue weighted by Crippen LogP contribution is -2.48. The van der Waals surface area contributed by atoms with Gasteiger partial charge in [-0.25, -0.2) is 8.78 Å². The highest BCUT2D eigenvalue weighted by atomic mass is 19.1. The first-order valence-electron chi connectivity index (χ1n) is 8.97. The van der Waals surface area contributed by atoms with Crippen LogP contribution in [0.3, 0.4) is 0 Å². The number of carbonyl (C=O) groups excluding carboxylic acids is 1. The minimum absolute atomic E-state index is 0.166. The van der Waals surface area contributed by atoms with E-state index in [2.05, 4.69) is 4.90 Å². The summed E-state index contributed by atoms with van der Waals surface area (Å²) < 4.78 is 27.6. The molecule has 1 aromatic carbocycles. The number of amides is 1. The SMILES string of the molecule is CC(=O)N1CCC(N2CCC(Cc3c(F)cccc3F)CC2)CC1. The van der Waals surface area contributed by atoms with Gasteiger partial charge in [0.05, 0.1) is 0 Å². The average molecular weight is 336 g/mol. The molecule has 1 aromatic rings. The van der Waals surface area contributed by atoms with Crippen LogP contribution in [0, 0.1) is 17.6 Å². The molecule has 132 valence electrons. The molecule has 0 atom stereocenters. The van der Waals surface area contributed by atoms with Gasteiger partial charge in [-0.1, -0.05) is 6.07 Å². The lowest BCUT2D eigenvalue weighted by atomic mass is 9.88. The third-order valence-corrected chi connectivity index (χ3v) is 5.63. The Labute approximate surface area is 142 Å². The first-order chi connectivity index (χ1) is 11.5. The zero-order chi connectivity index (χ0) is 17.1. The molecule has 2 aliphatic rings. The maximum absolute atomic E-state index is 13.8. The zero-order valence-electron chi connectivity index (χ0n) is 14.3. The molecule has 2 saturated heterocycles. The molecule has 0 aliphatic carbocycles. The molecule has 3 rings (SSSR count). The molecule has 2 fully saturated rings. The number of benzene rings is 1. The van der Waals surface area contributed by atoms with Crippen molar-refractivity contribution in [2.45, 2.75) is 45.1 Å². The van der Waals surface area contributed by atoms with Crippen LogP contribution in [-0.4, -0.2) is 47.9 Å². The van der Waals surface area contributed by atoms with Gasteiger partial charge >= 0.3 is 0 Å². The van der Waals surface area contributed by atoms with Crippen LogP contribution >= 0.6 is 0 Å². The van der Waals surface area contributed by atoms with E-state index in [1.807, 2.05) is 4.90 Å². The van der Waals surface area contributed by atoms with Gasteiger partial charge in [-0.2, -0.15) is 0 Å². The highest BCUT2D eigenvalue weighted by Gasteiger charge is 2.29. The number of rotatable bonds is 3. The summed E-state index contributed by atoms with van der Waals surface area (Å²) in [6, 6.07) is 4.66. The summed E-state index contributed by atoms with van der Waals surface area (Å²) in [5.74, 6) is -0.327. The van der Waals surface area contributed by atoms with E-state index in [9.17, 15) is 13.6 Å². The topological polar surface area (TPSA) is 23.6 Å². The molecule has 1 amide bonds. The van der Waals surface area contributed by atoms with Crippen LogP contribution in [-0.2, 0) is 11.2 Å². The maximum Gasteiger partial charge on any atom is 0.219 e. The fraction of sp³-hybridized carbons (Fsp3) is 0.632. The van der Waals surface area contributed by atoms with Crippen LogP contribution in [0.2, 0.25) is 0 Å². The van der Waals surface area contributed by atoms with Gasteiger partial charge in [-0.3, -0.25) is 4.79 Å². The Morgan fingerprint density at radius 1 is 1.04 bits per heavy atom. The Morgan fingerprint density at radius 2 is 1.62 bits per heavy atom. The second-order valence-electron chi connectivity index (χ2n) is 7.12. The maximum atomic E-state index is 13.8. The fourth-order valence-electron chi connectivity index (χ4n) is 4.08. The van der Waals surface area contributed by atoms with Crippen molar-refractivity contribution in [2.75, 3.05) is 26.2 Å². The van der Waals surface area contributed by atoms with Crippen molar-refractivity contribution in [1.29, 1.82) is 0 Å². The molecule has 24 heavy (non-hydrogen) atoms. The summed E-state index contributed by atoms with van der Waals surface area (Å²) in [5, 5.41) is 0. The van der Waals surface area contributed by atoms with Crippen molar-refractivity contribution in [2.24, 2.45) is 5.92 Å². The number of hydrogen-bond donors (Lipinski definition) is 0. The van der Waals surface area contributed by atoms with E-state index in [4.69, 9.17) is 0 Å². The first kappa shape index (κ1) is 17.3. The fourth-order valence-corrected chi connectivity index (χ4v) is 4.08. The Hall–Kier alpha value is -1.49. The molecular weight excluding hydrogens is 310 g/mol. The summed E-state index contributed by atoms with van der Waals surface area (Å²) in [6.45, 7) is 5.31. The van der Waals surface area contributed by atoms with E-state index in [0.717, 1.165) is 51.9 Å². The van der Waals surface area contributed by atoms with Crippen LogP contribution < -0.4 is 0 Å². The van der Waals surface area contributed by atoms with Gasteiger partial charge in [0, 0.05) is 31.6 Å². The summed E-state index contributed by atoms with van der Waals surface area (Å²) in [5.41, 5.74) is 0.241. The van der Waals surface area contributed by atoms with Crippen molar-refractivity contribution in [3.05, 3.63) is 35.4 Å². The smallest absolute Gasteiger partial charge is 0.219 e. The molecule has 3 nitrogen and oxygen atoms in total. The molecule has 0 unspecified atom stereocenters. The molecule has 0 saturated carbocycles. The van der Waals surface area contributed by atoms with E-state index >= 15 is 0 Å². The van der Waals surface area contributed by atoms with E-state index in [1.54, 1.807) is 6.92 Å². The first-order valence-corrected chi connectivity index (χ1v) is 8.97. The summed E-state index contributed by atoms with van der Waals surface area (Å²) in [7, 11) is 0. The van der Waals surface area contributed by atoms with Crippen molar-refractivity contribution in [3.8, 4) is 0 Å². The van der Waals surface area contributed by atoms with Gasteiger partial charge in [-0.15, -0.1) is 0 Å². The van der Waals surface area contributed by atoms with E-state index in [-0.39, 0.29) is 11.5 Å². The quantitative estimate of drug-likeness (QED) is 0.846. The standard InChI is InChI=1S/C19H26F2N2O/c1-14(24)22-11-7-16(8-12-22)23-9-5-15(6-10-23)13-17-18(20)3-2-4-19(17)21/h2-4,15-16H,5-13H2,1H3.